The van der Waals surface area contributed by atoms with Gasteiger partial charge in [0.05, 0.1) is 35.1 Å². The second-order valence-electron chi connectivity index (χ2n) is 9.65. The molecule has 2 fully saturated rings. The summed E-state index contributed by atoms with van der Waals surface area (Å²) in [4.78, 5) is 56.4. The van der Waals surface area contributed by atoms with E-state index in [9.17, 15) is 19.2 Å². The molecule has 0 N–H and O–H groups in total. The minimum atomic E-state index is -0.889. The Balaban J connectivity index is 1.44. The van der Waals surface area contributed by atoms with Gasteiger partial charge in [-0.15, -0.1) is 0 Å². The van der Waals surface area contributed by atoms with Crippen LogP contribution in [0.15, 0.2) is 77.4 Å². The molecule has 0 saturated carbocycles. The number of Topliss-reactive ketones (excluding diaryl/α,β-unsaturated/α-hetero) is 1. The lowest BCUT2D eigenvalue weighted by molar-refractivity contribution is -0.132. The zero-order valence-corrected chi connectivity index (χ0v) is 22.6. The number of methoxy groups -OCH3 is 1. The summed E-state index contributed by atoms with van der Waals surface area (Å²) in [6.07, 6.45) is 3.74. The fraction of sp³-hybridized carbons (Fsp3) is 0.200. The van der Waals surface area contributed by atoms with Gasteiger partial charge in [-0.3, -0.25) is 19.2 Å². The SMILES string of the molecule is COc1ccc(C(=O)[C@@H]2[C@@H]3C(=O)N(c4ccc(OC(C)=O)cc4)C(=O)[C@H]3[C@@H]3c4ccccc4C=CN23)cc1Br. The molecule has 9 heteroatoms. The van der Waals surface area contributed by atoms with Crippen LogP contribution in [0, 0.1) is 11.8 Å². The molecular formula is C30H23BrN2O6. The number of carbonyl (C=O) groups excluding carboxylic acids is 4. The van der Waals surface area contributed by atoms with Crippen LogP contribution in [0.5, 0.6) is 11.5 Å². The first-order valence-corrected chi connectivity index (χ1v) is 13.2. The van der Waals surface area contributed by atoms with Crippen LogP contribution < -0.4 is 14.4 Å². The van der Waals surface area contributed by atoms with Crippen molar-refractivity contribution in [2.45, 2.75) is 19.0 Å². The van der Waals surface area contributed by atoms with E-state index < -0.39 is 35.8 Å². The van der Waals surface area contributed by atoms with E-state index in [0.29, 0.717) is 27.2 Å². The van der Waals surface area contributed by atoms with Crippen LogP contribution in [-0.2, 0) is 14.4 Å². The Labute approximate surface area is 232 Å². The molecular weight excluding hydrogens is 564 g/mol. The summed E-state index contributed by atoms with van der Waals surface area (Å²) >= 11 is 3.45. The number of nitrogens with zero attached hydrogens (tertiary/aromatic N) is 2. The summed E-state index contributed by atoms with van der Waals surface area (Å²) in [6.45, 7) is 1.29. The second-order valence-corrected chi connectivity index (χ2v) is 10.5. The van der Waals surface area contributed by atoms with Crippen LogP contribution in [0.3, 0.4) is 0 Å². The van der Waals surface area contributed by atoms with E-state index in [1.165, 1.54) is 19.1 Å². The number of imide groups is 1. The Morgan fingerprint density at radius 1 is 0.923 bits per heavy atom. The molecule has 0 aromatic heterocycles. The number of amides is 2. The van der Waals surface area contributed by atoms with Gasteiger partial charge in [0, 0.05) is 18.7 Å². The molecule has 6 rings (SSSR count). The van der Waals surface area contributed by atoms with E-state index in [-0.39, 0.29) is 11.7 Å². The zero-order valence-electron chi connectivity index (χ0n) is 21.0. The summed E-state index contributed by atoms with van der Waals surface area (Å²) in [5, 5.41) is 0. The largest absolute Gasteiger partial charge is 0.496 e. The highest BCUT2D eigenvalue weighted by Gasteiger charge is 2.64. The standard InChI is InChI=1S/C30H23BrN2O6/c1-16(34)39-20-10-8-19(9-11-20)33-29(36)24-25(30(33)37)27(28(35)18-7-12-23(38-2)22(31)15-18)32-14-13-17-5-3-4-6-21(17)26(24)32/h3-15,24-27H,1-2H3/t24-,25-,26+,27+/m1/s1. The quantitative estimate of drug-likeness (QED) is 0.184. The lowest BCUT2D eigenvalue weighted by Crippen LogP contribution is -2.44. The van der Waals surface area contributed by atoms with Crippen LogP contribution in [0.1, 0.15) is 34.5 Å². The number of esters is 1. The summed E-state index contributed by atoms with van der Waals surface area (Å²) in [5.41, 5.74) is 2.61. The van der Waals surface area contributed by atoms with E-state index in [4.69, 9.17) is 9.47 Å². The first-order chi connectivity index (χ1) is 18.8. The third-order valence-corrected chi connectivity index (χ3v) is 8.14. The molecule has 3 aliphatic heterocycles. The zero-order chi connectivity index (χ0) is 27.4. The Kier molecular flexibility index (Phi) is 6.10. The van der Waals surface area contributed by atoms with Gasteiger partial charge < -0.3 is 14.4 Å². The Morgan fingerprint density at radius 2 is 1.64 bits per heavy atom. The lowest BCUT2D eigenvalue weighted by atomic mass is 9.83. The van der Waals surface area contributed by atoms with Crippen molar-refractivity contribution >= 4 is 51.3 Å². The maximum absolute atomic E-state index is 14.1. The molecule has 3 aromatic rings. The number of rotatable bonds is 5. The Morgan fingerprint density at radius 3 is 2.33 bits per heavy atom. The molecule has 2 amide bonds. The first-order valence-electron chi connectivity index (χ1n) is 12.4. The predicted octanol–water partition coefficient (Wildman–Crippen LogP) is 4.78. The predicted molar refractivity (Wildman–Crippen MR) is 146 cm³/mol. The smallest absolute Gasteiger partial charge is 0.308 e. The average Bonchev–Trinajstić information content (AvgIpc) is 3.40. The molecule has 39 heavy (non-hydrogen) atoms. The fourth-order valence-electron chi connectivity index (χ4n) is 5.93. The molecule has 0 aliphatic carbocycles. The normalized spacial score (nSPS) is 22.8. The third-order valence-electron chi connectivity index (χ3n) is 7.52. The van der Waals surface area contributed by atoms with Crippen molar-refractivity contribution in [3.63, 3.8) is 0 Å². The van der Waals surface area contributed by atoms with Crippen molar-refractivity contribution in [3.05, 3.63) is 94.1 Å². The second kappa shape index (κ2) is 9.50. The van der Waals surface area contributed by atoms with E-state index in [0.717, 1.165) is 16.0 Å². The maximum Gasteiger partial charge on any atom is 0.308 e. The third kappa shape index (κ3) is 3.96. The number of anilines is 1. The van der Waals surface area contributed by atoms with Crippen LogP contribution in [0.2, 0.25) is 0 Å². The number of hydrogen-bond acceptors (Lipinski definition) is 7. The molecule has 0 bridgehead atoms. The van der Waals surface area contributed by atoms with Gasteiger partial charge in [-0.25, -0.2) is 4.90 Å². The molecule has 8 nitrogen and oxygen atoms in total. The van der Waals surface area contributed by atoms with Crippen molar-refractivity contribution in [2.75, 3.05) is 12.0 Å². The molecule has 2 saturated heterocycles. The van der Waals surface area contributed by atoms with Crippen LogP contribution >= 0.6 is 15.9 Å². The molecule has 0 spiro atoms. The van der Waals surface area contributed by atoms with E-state index in [2.05, 4.69) is 15.9 Å². The summed E-state index contributed by atoms with van der Waals surface area (Å²) in [6, 6.07) is 17.6. The average molecular weight is 587 g/mol. The van der Waals surface area contributed by atoms with Crippen molar-refractivity contribution in [3.8, 4) is 11.5 Å². The topological polar surface area (TPSA) is 93.2 Å². The highest BCUT2D eigenvalue weighted by atomic mass is 79.9. The van der Waals surface area contributed by atoms with E-state index in [1.54, 1.807) is 37.4 Å². The van der Waals surface area contributed by atoms with Crippen LogP contribution in [-0.4, -0.2) is 41.6 Å². The number of ketones is 1. The lowest BCUT2D eigenvalue weighted by Gasteiger charge is -2.35. The van der Waals surface area contributed by atoms with Crippen molar-refractivity contribution in [1.82, 2.24) is 4.90 Å². The molecule has 3 aliphatic rings. The number of halogens is 1. The van der Waals surface area contributed by atoms with E-state index in [1.807, 2.05) is 41.4 Å². The van der Waals surface area contributed by atoms with E-state index >= 15 is 0 Å². The summed E-state index contributed by atoms with van der Waals surface area (Å²) in [7, 11) is 1.54. The number of hydrogen-bond donors (Lipinski definition) is 0. The number of ether oxygens (including phenoxy) is 2. The van der Waals surface area contributed by atoms with Gasteiger partial charge in [0.25, 0.3) is 0 Å². The van der Waals surface area contributed by atoms with Crippen LogP contribution in [0.25, 0.3) is 6.08 Å². The fourth-order valence-corrected chi connectivity index (χ4v) is 6.47. The Bertz CT molecular complexity index is 1570. The molecule has 0 radical (unpaired) electrons. The highest BCUT2D eigenvalue weighted by molar-refractivity contribution is 9.10. The molecule has 0 unspecified atom stereocenters. The monoisotopic (exact) mass is 586 g/mol. The van der Waals surface area contributed by atoms with Crippen molar-refractivity contribution in [2.24, 2.45) is 11.8 Å². The molecule has 3 aromatic carbocycles. The molecule has 196 valence electrons. The van der Waals surface area contributed by atoms with Gasteiger partial charge >= 0.3 is 5.97 Å². The van der Waals surface area contributed by atoms with Crippen molar-refractivity contribution < 1.29 is 28.7 Å². The number of benzene rings is 3. The molecule has 3 heterocycles. The number of fused-ring (bicyclic) bond motifs is 5. The molecule has 4 atom stereocenters. The maximum atomic E-state index is 14.1. The van der Waals surface area contributed by atoms with Crippen molar-refractivity contribution in [1.29, 1.82) is 0 Å². The summed E-state index contributed by atoms with van der Waals surface area (Å²) in [5.74, 6) is -2.29. The summed E-state index contributed by atoms with van der Waals surface area (Å²) < 4.78 is 11.0. The number of carbonyl (C=O) groups is 4. The first kappa shape index (κ1) is 25.1. The minimum absolute atomic E-state index is 0.256. The highest BCUT2D eigenvalue weighted by Crippen LogP contribution is 2.53. The minimum Gasteiger partial charge on any atom is -0.496 e. The van der Waals surface area contributed by atoms with Gasteiger partial charge in [0.2, 0.25) is 11.8 Å². The van der Waals surface area contributed by atoms with Gasteiger partial charge in [0.15, 0.2) is 5.78 Å². The van der Waals surface area contributed by atoms with Gasteiger partial charge in [-0.2, -0.15) is 0 Å². The van der Waals surface area contributed by atoms with Gasteiger partial charge in [-0.1, -0.05) is 24.3 Å². The Hall–Kier alpha value is -4.24. The van der Waals surface area contributed by atoms with Gasteiger partial charge in [-0.05, 0) is 75.6 Å². The van der Waals surface area contributed by atoms with Crippen LogP contribution in [0.4, 0.5) is 5.69 Å². The van der Waals surface area contributed by atoms with Gasteiger partial charge in [0.1, 0.15) is 17.5 Å².